The molecule has 168 valence electrons. The molecule has 0 fully saturated rings. The minimum Gasteiger partial charge on any atom is -0.494 e. The molecular formula is C20H21N5O6S. The van der Waals surface area contributed by atoms with Crippen LogP contribution in [0.2, 0.25) is 0 Å². The van der Waals surface area contributed by atoms with E-state index in [1.165, 1.54) is 24.3 Å². The largest absolute Gasteiger partial charge is 0.494 e. The number of ether oxygens (including phenoxy) is 1. The fourth-order valence-electron chi connectivity index (χ4n) is 2.38. The Bertz CT molecular complexity index is 995. The molecule has 4 N–H and O–H groups in total. The molecule has 0 saturated heterocycles. The van der Waals surface area contributed by atoms with Crippen molar-refractivity contribution in [1.29, 1.82) is 0 Å². The van der Waals surface area contributed by atoms with E-state index in [1.807, 2.05) is 6.92 Å². The number of carbonyl (C=O) groups excluding carboxylic acids is 3. The smallest absolute Gasteiger partial charge is 0.269 e. The van der Waals surface area contributed by atoms with E-state index in [1.54, 1.807) is 24.3 Å². The Kier molecular flexibility index (Phi) is 9.05. The molecule has 0 bridgehead atoms. The van der Waals surface area contributed by atoms with Crippen molar-refractivity contribution < 1.29 is 24.0 Å². The molecule has 0 heterocycles. The normalized spacial score (nSPS) is 9.91. The van der Waals surface area contributed by atoms with Gasteiger partial charge in [-0.3, -0.25) is 40.7 Å². The first kappa shape index (κ1) is 24.2. The van der Waals surface area contributed by atoms with Gasteiger partial charge in [0.2, 0.25) is 11.8 Å². The standard InChI is InChI=1S/C20H21N5O6S/c1-2-31-16-9-5-14(6-10-16)21-17(26)11-12-18(27)23-24-20(32)22-19(28)13-3-7-15(8-4-13)25(29)30/h3-10H,2,11-12H2,1H3,(H,21,26)(H,23,27)(H2,22,24,28,32). The lowest BCUT2D eigenvalue weighted by Gasteiger charge is -2.11. The number of anilines is 1. The fourth-order valence-corrected chi connectivity index (χ4v) is 2.53. The highest BCUT2D eigenvalue weighted by atomic mass is 32.1. The molecule has 32 heavy (non-hydrogen) atoms. The van der Waals surface area contributed by atoms with Crippen LogP contribution in [-0.2, 0) is 9.59 Å². The number of rotatable bonds is 8. The van der Waals surface area contributed by atoms with Crippen molar-refractivity contribution in [2.75, 3.05) is 11.9 Å². The summed E-state index contributed by atoms with van der Waals surface area (Å²) in [5.74, 6) is -0.786. The van der Waals surface area contributed by atoms with E-state index in [-0.39, 0.29) is 35.1 Å². The first-order valence-electron chi connectivity index (χ1n) is 9.45. The topological polar surface area (TPSA) is 152 Å². The second-order valence-electron chi connectivity index (χ2n) is 6.27. The van der Waals surface area contributed by atoms with Crippen LogP contribution in [0.1, 0.15) is 30.1 Å². The fraction of sp³-hybridized carbons (Fsp3) is 0.200. The van der Waals surface area contributed by atoms with Crippen LogP contribution in [0.5, 0.6) is 5.75 Å². The maximum absolute atomic E-state index is 12.0. The van der Waals surface area contributed by atoms with Gasteiger partial charge < -0.3 is 10.1 Å². The summed E-state index contributed by atoms with van der Waals surface area (Å²) in [6, 6.07) is 11.8. The van der Waals surface area contributed by atoms with Gasteiger partial charge in [-0.05, 0) is 55.5 Å². The number of hydrazine groups is 1. The molecular weight excluding hydrogens is 438 g/mol. The van der Waals surface area contributed by atoms with E-state index in [9.17, 15) is 24.5 Å². The number of hydrogen-bond donors (Lipinski definition) is 4. The van der Waals surface area contributed by atoms with Gasteiger partial charge in [-0.2, -0.15) is 0 Å². The average molecular weight is 459 g/mol. The Morgan fingerprint density at radius 3 is 2.19 bits per heavy atom. The summed E-state index contributed by atoms with van der Waals surface area (Å²) in [5, 5.41) is 15.4. The maximum atomic E-state index is 12.0. The molecule has 11 nitrogen and oxygen atoms in total. The van der Waals surface area contributed by atoms with Crippen molar-refractivity contribution in [3.63, 3.8) is 0 Å². The average Bonchev–Trinajstić information content (AvgIpc) is 2.78. The molecule has 0 aliphatic carbocycles. The van der Waals surface area contributed by atoms with Crippen molar-refractivity contribution in [2.45, 2.75) is 19.8 Å². The number of non-ortho nitro benzene ring substituents is 1. The number of carbonyl (C=O) groups is 3. The first-order chi connectivity index (χ1) is 15.3. The predicted octanol–water partition coefficient (Wildman–Crippen LogP) is 2.05. The van der Waals surface area contributed by atoms with E-state index < -0.39 is 16.7 Å². The van der Waals surface area contributed by atoms with Crippen molar-refractivity contribution in [1.82, 2.24) is 16.2 Å². The zero-order valence-electron chi connectivity index (χ0n) is 17.0. The Morgan fingerprint density at radius 2 is 1.59 bits per heavy atom. The molecule has 2 aromatic carbocycles. The quantitative estimate of drug-likeness (QED) is 0.266. The van der Waals surface area contributed by atoms with Crippen molar-refractivity contribution in [3.8, 4) is 5.75 Å². The van der Waals surface area contributed by atoms with Crippen LogP contribution < -0.4 is 26.2 Å². The molecule has 2 rings (SSSR count). The molecule has 0 spiro atoms. The lowest BCUT2D eigenvalue weighted by molar-refractivity contribution is -0.384. The van der Waals surface area contributed by atoms with Gasteiger partial charge in [-0.25, -0.2) is 0 Å². The van der Waals surface area contributed by atoms with E-state index in [0.29, 0.717) is 18.0 Å². The minimum atomic E-state index is -0.610. The third-order valence-electron chi connectivity index (χ3n) is 3.91. The van der Waals surface area contributed by atoms with Crippen LogP contribution >= 0.6 is 12.2 Å². The van der Waals surface area contributed by atoms with Crippen LogP contribution in [0.25, 0.3) is 0 Å². The summed E-state index contributed by atoms with van der Waals surface area (Å²) in [7, 11) is 0. The molecule has 0 aromatic heterocycles. The SMILES string of the molecule is CCOc1ccc(NC(=O)CCC(=O)NNC(=S)NC(=O)c2ccc([N+](=O)[O-])cc2)cc1. The summed E-state index contributed by atoms with van der Waals surface area (Å²) >= 11 is 4.91. The predicted molar refractivity (Wildman–Crippen MR) is 120 cm³/mol. The number of nitro groups is 1. The monoisotopic (exact) mass is 459 g/mol. The number of nitrogens with zero attached hydrogens (tertiary/aromatic N) is 1. The zero-order chi connectivity index (χ0) is 23.5. The van der Waals surface area contributed by atoms with Gasteiger partial charge in [0.15, 0.2) is 5.11 Å². The molecule has 12 heteroatoms. The summed E-state index contributed by atoms with van der Waals surface area (Å²) < 4.78 is 5.32. The molecule has 0 saturated carbocycles. The van der Waals surface area contributed by atoms with Crippen LogP contribution in [0.4, 0.5) is 11.4 Å². The minimum absolute atomic E-state index is 0.0668. The van der Waals surface area contributed by atoms with Gasteiger partial charge >= 0.3 is 0 Å². The summed E-state index contributed by atoms with van der Waals surface area (Å²) in [6.45, 7) is 2.41. The number of thiocarbonyl (C=S) groups is 1. The molecule has 0 unspecified atom stereocenters. The number of nitro benzene ring substituents is 1. The van der Waals surface area contributed by atoms with Gasteiger partial charge in [0.25, 0.3) is 11.6 Å². The van der Waals surface area contributed by atoms with Gasteiger partial charge in [0.1, 0.15) is 5.75 Å². The van der Waals surface area contributed by atoms with Crippen molar-refractivity contribution in [3.05, 3.63) is 64.2 Å². The molecule has 0 atom stereocenters. The van der Waals surface area contributed by atoms with Crippen molar-refractivity contribution in [2.24, 2.45) is 0 Å². The maximum Gasteiger partial charge on any atom is 0.269 e. The van der Waals surface area contributed by atoms with E-state index in [0.717, 1.165) is 0 Å². The highest BCUT2D eigenvalue weighted by Gasteiger charge is 2.12. The van der Waals surface area contributed by atoms with Gasteiger partial charge in [0, 0.05) is 36.2 Å². The molecule has 3 amide bonds. The van der Waals surface area contributed by atoms with Crippen LogP contribution in [0, 0.1) is 10.1 Å². The van der Waals surface area contributed by atoms with Crippen molar-refractivity contribution >= 4 is 46.4 Å². The Morgan fingerprint density at radius 1 is 0.969 bits per heavy atom. The number of nitrogens with one attached hydrogen (secondary N) is 4. The highest BCUT2D eigenvalue weighted by Crippen LogP contribution is 2.16. The van der Waals surface area contributed by atoms with Crippen LogP contribution in [0.15, 0.2) is 48.5 Å². The van der Waals surface area contributed by atoms with Gasteiger partial charge in [0.05, 0.1) is 11.5 Å². The molecule has 0 radical (unpaired) electrons. The third kappa shape index (κ3) is 7.99. The molecule has 0 aliphatic rings. The lowest BCUT2D eigenvalue weighted by atomic mass is 10.2. The van der Waals surface area contributed by atoms with E-state index in [2.05, 4.69) is 21.5 Å². The highest BCUT2D eigenvalue weighted by molar-refractivity contribution is 7.80. The summed E-state index contributed by atoms with van der Waals surface area (Å²) in [6.07, 6.45) is -0.183. The zero-order valence-corrected chi connectivity index (χ0v) is 17.9. The molecule has 0 aliphatic heterocycles. The summed E-state index contributed by atoms with van der Waals surface area (Å²) in [4.78, 5) is 45.9. The second kappa shape index (κ2) is 12.0. The Balaban J connectivity index is 1.69. The first-order valence-corrected chi connectivity index (χ1v) is 9.86. The number of amides is 3. The van der Waals surface area contributed by atoms with E-state index in [4.69, 9.17) is 17.0 Å². The third-order valence-corrected chi connectivity index (χ3v) is 4.12. The second-order valence-corrected chi connectivity index (χ2v) is 6.67. The lowest BCUT2D eigenvalue weighted by Crippen LogP contribution is -2.48. The van der Waals surface area contributed by atoms with Crippen LogP contribution in [0.3, 0.4) is 0 Å². The number of benzene rings is 2. The Labute approximate surface area is 188 Å². The van der Waals surface area contributed by atoms with Crippen LogP contribution in [-0.4, -0.2) is 34.4 Å². The van der Waals surface area contributed by atoms with Gasteiger partial charge in [-0.15, -0.1) is 0 Å². The summed E-state index contributed by atoms with van der Waals surface area (Å²) in [5.41, 5.74) is 5.20. The number of hydrogen-bond acceptors (Lipinski definition) is 7. The Hall–Kier alpha value is -4.06. The van der Waals surface area contributed by atoms with Gasteiger partial charge in [-0.1, -0.05) is 0 Å². The van der Waals surface area contributed by atoms with E-state index >= 15 is 0 Å². The molecule has 2 aromatic rings.